The van der Waals surface area contributed by atoms with Crippen molar-refractivity contribution in [2.45, 2.75) is 97.6 Å². The second-order valence-electron chi connectivity index (χ2n) is 9.42. The molecule has 1 aliphatic heterocycles. The molecule has 1 heterocycles. The lowest BCUT2D eigenvalue weighted by atomic mass is 9.70. The topological polar surface area (TPSA) is 88.4 Å². The van der Waals surface area contributed by atoms with Crippen LogP contribution in [0.3, 0.4) is 0 Å². The number of aliphatic hydroxyl groups excluding tert-OH is 3. The molecule has 2 aliphatic rings. The number of aliphatic hydroxyl groups is 3. The van der Waals surface area contributed by atoms with Gasteiger partial charge < -0.3 is 29.5 Å². The first kappa shape index (κ1) is 24.0. The minimum Gasteiger partial charge on any atom is -0.390 e. The minimum atomic E-state index is -0.871. The maximum Gasteiger partial charge on any atom is 0.184 e. The van der Waals surface area contributed by atoms with Crippen molar-refractivity contribution in [2.24, 2.45) is 29.6 Å². The van der Waals surface area contributed by atoms with Gasteiger partial charge in [0, 0.05) is 5.92 Å². The monoisotopic (exact) mass is 402 g/mol. The summed E-state index contributed by atoms with van der Waals surface area (Å²) >= 11 is 0. The number of rotatable bonds is 8. The molecule has 0 amide bonds. The van der Waals surface area contributed by atoms with Gasteiger partial charge in [0.15, 0.2) is 6.29 Å². The maximum atomic E-state index is 10.6. The summed E-state index contributed by atoms with van der Waals surface area (Å²) in [7, 11) is 0. The second kappa shape index (κ2) is 10.7. The molecular formula is C22H42O6. The van der Waals surface area contributed by atoms with E-state index in [0.29, 0.717) is 24.4 Å². The Labute approximate surface area is 170 Å². The highest BCUT2D eigenvalue weighted by Gasteiger charge is 2.44. The van der Waals surface area contributed by atoms with E-state index in [1.165, 1.54) is 0 Å². The van der Waals surface area contributed by atoms with E-state index < -0.39 is 30.7 Å². The molecule has 10 atom stereocenters. The normalized spacial score (nSPS) is 44.8. The van der Waals surface area contributed by atoms with Crippen molar-refractivity contribution in [3.8, 4) is 0 Å². The highest BCUT2D eigenvalue weighted by molar-refractivity contribution is 4.91. The van der Waals surface area contributed by atoms with Gasteiger partial charge in [-0.2, -0.15) is 0 Å². The van der Waals surface area contributed by atoms with Crippen molar-refractivity contribution in [1.82, 2.24) is 0 Å². The zero-order valence-corrected chi connectivity index (χ0v) is 18.5. The molecule has 0 bridgehead atoms. The van der Waals surface area contributed by atoms with E-state index in [0.717, 1.165) is 19.3 Å². The van der Waals surface area contributed by atoms with E-state index in [-0.39, 0.29) is 24.5 Å². The van der Waals surface area contributed by atoms with E-state index in [2.05, 4.69) is 34.6 Å². The van der Waals surface area contributed by atoms with Gasteiger partial charge in [-0.05, 0) is 36.5 Å². The van der Waals surface area contributed by atoms with Crippen molar-refractivity contribution in [2.75, 3.05) is 13.2 Å². The minimum absolute atomic E-state index is 0.175. The number of ether oxygens (including phenoxy) is 3. The van der Waals surface area contributed by atoms with Crippen molar-refractivity contribution in [1.29, 1.82) is 0 Å². The molecule has 0 spiro atoms. The van der Waals surface area contributed by atoms with Crippen molar-refractivity contribution in [3.05, 3.63) is 0 Å². The van der Waals surface area contributed by atoms with Crippen LogP contribution in [0.25, 0.3) is 0 Å². The van der Waals surface area contributed by atoms with Gasteiger partial charge in [-0.15, -0.1) is 0 Å². The first-order chi connectivity index (χ1) is 13.2. The van der Waals surface area contributed by atoms with Gasteiger partial charge in [0.2, 0.25) is 0 Å². The molecular weight excluding hydrogens is 360 g/mol. The second-order valence-corrected chi connectivity index (χ2v) is 9.42. The summed E-state index contributed by atoms with van der Waals surface area (Å²) in [6.07, 6.45) is -1.05. The van der Waals surface area contributed by atoms with Crippen LogP contribution in [0.1, 0.15) is 60.8 Å². The quantitative estimate of drug-likeness (QED) is 0.578. The third kappa shape index (κ3) is 5.67. The predicted octanol–water partition coefficient (Wildman–Crippen LogP) is 2.58. The van der Waals surface area contributed by atoms with Gasteiger partial charge in [0.05, 0.1) is 31.5 Å². The van der Waals surface area contributed by atoms with Crippen LogP contribution in [0.4, 0.5) is 0 Å². The van der Waals surface area contributed by atoms with Crippen molar-refractivity contribution < 1.29 is 29.5 Å². The van der Waals surface area contributed by atoms with Gasteiger partial charge in [-0.25, -0.2) is 0 Å². The van der Waals surface area contributed by atoms with E-state index in [1.807, 2.05) is 0 Å². The number of hydrogen-bond acceptors (Lipinski definition) is 6. The zero-order chi connectivity index (χ0) is 21.0. The van der Waals surface area contributed by atoms with Crippen LogP contribution in [0.15, 0.2) is 0 Å². The predicted molar refractivity (Wildman–Crippen MR) is 108 cm³/mol. The molecule has 0 aromatic heterocycles. The van der Waals surface area contributed by atoms with Crippen molar-refractivity contribution >= 4 is 0 Å². The summed E-state index contributed by atoms with van der Waals surface area (Å²) < 4.78 is 17.7. The fraction of sp³-hybridized carbons (Fsp3) is 1.00. The Bertz CT molecular complexity index is 456. The Kier molecular flexibility index (Phi) is 9.17. The van der Waals surface area contributed by atoms with Gasteiger partial charge in [-0.3, -0.25) is 0 Å². The van der Waals surface area contributed by atoms with Crippen LogP contribution in [-0.4, -0.2) is 65.3 Å². The average molecular weight is 403 g/mol. The summed E-state index contributed by atoms with van der Waals surface area (Å²) in [4.78, 5) is 0. The Morgan fingerprint density at radius 3 is 2.21 bits per heavy atom. The average Bonchev–Trinajstić information content (AvgIpc) is 2.66. The third-order valence-electron chi connectivity index (χ3n) is 7.05. The van der Waals surface area contributed by atoms with Crippen LogP contribution >= 0.6 is 0 Å². The largest absolute Gasteiger partial charge is 0.390 e. The molecule has 2 rings (SSSR count). The zero-order valence-electron chi connectivity index (χ0n) is 18.5. The molecule has 0 aromatic carbocycles. The molecule has 1 aliphatic carbocycles. The first-order valence-corrected chi connectivity index (χ1v) is 11.1. The first-order valence-electron chi connectivity index (χ1n) is 11.1. The van der Waals surface area contributed by atoms with Gasteiger partial charge >= 0.3 is 0 Å². The molecule has 6 nitrogen and oxygen atoms in total. The van der Waals surface area contributed by atoms with Gasteiger partial charge in [0.1, 0.15) is 12.2 Å². The van der Waals surface area contributed by atoms with E-state index in [1.54, 1.807) is 6.92 Å². The lowest BCUT2D eigenvalue weighted by Crippen LogP contribution is -2.56. The molecule has 3 N–H and O–H groups in total. The van der Waals surface area contributed by atoms with Crippen LogP contribution in [-0.2, 0) is 14.2 Å². The van der Waals surface area contributed by atoms with E-state index in [9.17, 15) is 15.3 Å². The molecule has 1 saturated heterocycles. The molecule has 0 aromatic rings. The summed E-state index contributed by atoms with van der Waals surface area (Å²) in [5, 5.41) is 31.6. The number of hydrogen-bond donors (Lipinski definition) is 3. The summed E-state index contributed by atoms with van der Waals surface area (Å²) in [6.45, 7) is 13.2. The molecule has 28 heavy (non-hydrogen) atoms. The van der Waals surface area contributed by atoms with Crippen LogP contribution in [0, 0.1) is 29.6 Å². The smallest absolute Gasteiger partial charge is 0.184 e. The Balaban J connectivity index is 1.93. The van der Waals surface area contributed by atoms with E-state index in [4.69, 9.17) is 14.2 Å². The van der Waals surface area contributed by atoms with Crippen LogP contribution in [0.5, 0.6) is 0 Å². The molecule has 6 heteroatoms. The molecule has 2 fully saturated rings. The highest BCUT2D eigenvalue weighted by atomic mass is 16.7. The van der Waals surface area contributed by atoms with Gasteiger partial charge in [-0.1, -0.05) is 48.0 Å². The van der Waals surface area contributed by atoms with Crippen molar-refractivity contribution in [3.63, 3.8) is 0 Å². The molecule has 0 radical (unpaired) electrons. The van der Waals surface area contributed by atoms with Crippen LogP contribution < -0.4 is 0 Å². The molecule has 1 saturated carbocycles. The summed E-state index contributed by atoms with van der Waals surface area (Å²) in [5.41, 5.74) is 0. The maximum absolute atomic E-state index is 10.6. The summed E-state index contributed by atoms with van der Waals surface area (Å²) in [5.74, 6) is 1.30. The van der Waals surface area contributed by atoms with Gasteiger partial charge in [0.25, 0.3) is 0 Å². The fourth-order valence-corrected chi connectivity index (χ4v) is 4.47. The Hall–Kier alpha value is -0.240. The fourth-order valence-electron chi connectivity index (χ4n) is 4.47. The molecule has 10 unspecified atom stereocenters. The standard InChI is InChI=1S/C22H42O6/c1-7-16-10-17(19(23)14(5)13(16)4)27-11-18-20(24)15(6)21(25)22(28-18)26-9-8-12(2)3/h12-25H,7-11H2,1-6H3. The summed E-state index contributed by atoms with van der Waals surface area (Å²) in [6, 6.07) is 0. The highest BCUT2D eigenvalue weighted by Crippen LogP contribution is 2.38. The Morgan fingerprint density at radius 1 is 0.929 bits per heavy atom. The van der Waals surface area contributed by atoms with Crippen LogP contribution in [0.2, 0.25) is 0 Å². The SMILES string of the molecule is CCC1CC(OCC2OC(OCCC(C)C)C(O)C(C)C2O)C(O)C(C)C1C. The molecule has 166 valence electrons. The lowest BCUT2D eigenvalue weighted by molar-refractivity contribution is -0.294. The Morgan fingerprint density at radius 2 is 1.61 bits per heavy atom. The van der Waals surface area contributed by atoms with E-state index >= 15 is 0 Å². The lowest BCUT2D eigenvalue weighted by Gasteiger charge is -2.44. The third-order valence-corrected chi connectivity index (χ3v) is 7.05.